The zero-order valence-corrected chi connectivity index (χ0v) is 12.1. The van der Waals surface area contributed by atoms with E-state index in [9.17, 15) is 9.59 Å². The van der Waals surface area contributed by atoms with Crippen molar-refractivity contribution in [3.8, 4) is 0 Å². The Morgan fingerprint density at radius 1 is 1.24 bits per heavy atom. The summed E-state index contributed by atoms with van der Waals surface area (Å²) >= 11 is 0. The van der Waals surface area contributed by atoms with Gasteiger partial charge in [0.1, 0.15) is 5.76 Å². The molecular weight excluding hydrogens is 268 g/mol. The fourth-order valence-corrected chi connectivity index (χ4v) is 2.02. The fourth-order valence-electron chi connectivity index (χ4n) is 2.02. The number of aryl methyl sites for hydroxylation is 1. The fraction of sp³-hybridized carbons (Fsp3) is 0.250. The third kappa shape index (κ3) is 3.72. The number of nitrogens with zero attached hydrogens (tertiary/aromatic N) is 1. The number of amides is 2. The monoisotopic (exact) mass is 286 g/mol. The molecule has 0 atom stereocenters. The van der Waals surface area contributed by atoms with Gasteiger partial charge >= 0.3 is 11.8 Å². The highest BCUT2D eigenvalue weighted by atomic mass is 16.3. The van der Waals surface area contributed by atoms with Crippen molar-refractivity contribution in [3.63, 3.8) is 0 Å². The highest BCUT2D eigenvalue weighted by Crippen LogP contribution is 2.15. The van der Waals surface area contributed by atoms with Crippen molar-refractivity contribution >= 4 is 17.5 Å². The maximum atomic E-state index is 12.2. The smallest absolute Gasteiger partial charge is 0.316 e. The number of carbonyl (C=O) groups excluding carboxylic acids is 2. The molecule has 1 aromatic heterocycles. The first-order chi connectivity index (χ1) is 10.1. The van der Waals surface area contributed by atoms with Crippen LogP contribution in [0.25, 0.3) is 0 Å². The molecule has 1 aromatic carbocycles. The molecule has 0 aliphatic heterocycles. The molecule has 1 N–H and O–H groups in total. The van der Waals surface area contributed by atoms with Crippen molar-refractivity contribution in [1.82, 2.24) is 5.32 Å². The molecule has 0 saturated carbocycles. The van der Waals surface area contributed by atoms with Gasteiger partial charge in [-0.2, -0.15) is 0 Å². The number of nitrogens with one attached hydrogen (secondary N) is 1. The molecule has 0 unspecified atom stereocenters. The summed E-state index contributed by atoms with van der Waals surface area (Å²) in [5.74, 6) is -0.612. The van der Waals surface area contributed by atoms with E-state index in [0.717, 1.165) is 11.3 Å². The number of anilines is 1. The number of hydrogen-bond acceptors (Lipinski definition) is 3. The zero-order chi connectivity index (χ0) is 15.2. The van der Waals surface area contributed by atoms with Gasteiger partial charge in [0.25, 0.3) is 0 Å². The van der Waals surface area contributed by atoms with Crippen LogP contribution in [0, 0.1) is 6.92 Å². The van der Waals surface area contributed by atoms with Crippen molar-refractivity contribution in [2.24, 2.45) is 0 Å². The normalized spacial score (nSPS) is 10.2. The Hall–Kier alpha value is -2.56. The minimum atomic E-state index is -0.644. The first-order valence-electron chi connectivity index (χ1n) is 6.80. The Labute approximate surface area is 123 Å². The molecule has 0 spiro atoms. The van der Waals surface area contributed by atoms with E-state index < -0.39 is 11.8 Å². The molecule has 5 nitrogen and oxygen atoms in total. The molecule has 0 radical (unpaired) electrons. The average molecular weight is 286 g/mol. The predicted octanol–water partition coefficient (Wildman–Crippen LogP) is 2.26. The maximum absolute atomic E-state index is 12.2. The van der Waals surface area contributed by atoms with E-state index in [0.29, 0.717) is 12.3 Å². The molecule has 0 bridgehead atoms. The molecule has 0 saturated heterocycles. The van der Waals surface area contributed by atoms with E-state index in [1.165, 1.54) is 11.2 Å². The third-order valence-corrected chi connectivity index (χ3v) is 3.07. The summed E-state index contributed by atoms with van der Waals surface area (Å²) in [6.45, 7) is 4.40. The highest BCUT2D eigenvalue weighted by Gasteiger charge is 2.21. The molecule has 21 heavy (non-hydrogen) atoms. The van der Waals surface area contributed by atoms with Crippen LogP contribution in [0.1, 0.15) is 18.2 Å². The Morgan fingerprint density at radius 2 is 2.05 bits per heavy atom. The second-order valence-electron chi connectivity index (χ2n) is 4.65. The minimum absolute atomic E-state index is 0.197. The molecule has 2 aromatic rings. The van der Waals surface area contributed by atoms with E-state index in [-0.39, 0.29) is 6.54 Å². The number of hydrogen-bond donors (Lipinski definition) is 1. The van der Waals surface area contributed by atoms with Gasteiger partial charge in [0.05, 0.1) is 12.8 Å². The number of likely N-dealkylation sites (N-methyl/N-ethyl adjacent to an activating group) is 1. The number of rotatable bonds is 4. The van der Waals surface area contributed by atoms with E-state index in [4.69, 9.17) is 4.42 Å². The topological polar surface area (TPSA) is 62.6 Å². The minimum Gasteiger partial charge on any atom is -0.467 e. The van der Waals surface area contributed by atoms with Crippen LogP contribution >= 0.6 is 0 Å². The van der Waals surface area contributed by atoms with Crippen LogP contribution in [0.5, 0.6) is 0 Å². The second kappa shape index (κ2) is 6.74. The molecule has 0 aliphatic carbocycles. The van der Waals surface area contributed by atoms with Crippen LogP contribution in [0.2, 0.25) is 0 Å². The van der Waals surface area contributed by atoms with E-state index in [1.54, 1.807) is 12.1 Å². The van der Waals surface area contributed by atoms with Gasteiger partial charge in [0.2, 0.25) is 0 Å². The summed E-state index contributed by atoms with van der Waals surface area (Å²) in [6.07, 6.45) is 1.52. The van der Waals surface area contributed by atoms with Gasteiger partial charge in [-0.3, -0.25) is 9.59 Å². The first-order valence-corrected chi connectivity index (χ1v) is 6.80. The highest BCUT2D eigenvalue weighted by molar-refractivity contribution is 6.40. The zero-order valence-electron chi connectivity index (χ0n) is 12.1. The summed E-state index contributed by atoms with van der Waals surface area (Å²) in [6, 6.07) is 11.0. The van der Waals surface area contributed by atoms with Gasteiger partial charge < -0.3 is 14.6 Å². The molecule has 0 aliphatic rings. The Balaban J connectivity index is 2.03. The van der Waals surface area contributed by atoms with Gasteiger partial charge in [-0.05, 0) is 43.7 Å². The van der Waals surface area contributed by atoms with Crippen molar-refractivity contribution in [1.29, 1.82) is 0 Å². The summed E-state index contributed by atoms with van der Waals surface area (Å²) in [5, 5.41) is 2.56. The van der Waals surface area contributed by atoms with Crippen LogP contribution in [-0.4, -0.2) is 18.4 Å². The quantitative estimate of drug-likeness (QED) is 0.877. The van der Waals surface area contributed by atoms with Crippen LogP contribution in [0.15, 0.2) is 47.1 Å². The summed E-state index contributed by atoms with van der Waals surface area (Å²) in [7, 11) is 0. The van der Waals surface area contributed by atoms with Crippen LogP contribution in [0.4, 0.5) is 5.69 Å². The molecular formula is C16H18N2O3. The van der Waals surface area contributed by atoms with Crippen molar-refractivity contribution in [2.75, 3.05) is 11.4 Å². The van der Waals surface area contributed by atoms with E-state index in [2.05, 4.69) is 5.32 Å². The molecule has 2 rings (SSSR count). The lowest BCUT2D eigenvalue weighted by Gasteiger charge is -2.20. The largest absolute Gasteiger partial charge is 0.467 e. The predicted molar refractivity (Wildman–Crippen MR) is 79.8 cm³/mol. The molecule has 0 fully saturated rings. The lowest BCUT2D eigenvalue weighted by molar-refractivity contribution is -0.137. The van der Waals surface area contributed by atoms with E-state index in [1.807, 2.05) is 38.1 Å². The number of benzene rings is 1. The summed E-state index contributed by atoms with van der Waals surface area (Å²) < 4.78 is 5.11. The van der Waals surface area contributed by atoms with Crippen molar-refractivity contribution in [2.45, 2.75) is 20.4 Å². The van der Waals surface area contributed by atoms with Crippen molar-refractivity contribution in [3.05, 3.63) is 54.0 Å². The maximum Gasteiger partial charge on any atom is 0.316 e. The number of furan rings is 1. The summed E-state index contributed by atoms with van der Waals surface area (Å²) in [5.41, 5.74) is 1.75. The molecule has 110 valence electrons. The standard InChI is InChI=1S/C16H18N2O3/c1-3-18(13-7-4-6-12(2)10-13)16(20)15(19)17-11-14-8-5-9-21-14/h4-10H,3,11H2,1-2H3,(H,17,19). The number of carbonyl (C=O) groups is 2. The molecule has 2 amide bonds. The van der Waals surface area contributed by atoms with Gasteiger partial charge in [-0.15, -0.1) is 0 Å². The van der Waals surface area contributed by atoms with Crippen molar-refractivity contribution < 1.29 is 14.0 Å². The van der Waals surface area contributed by atoms with Gasteiger partial charge in [-0.25, -0.2) is 0 Å². The van der Waals surface area contributed by atoms with Gasteiger partial charge in [0, 0.05) is 12.2 Å². The summed E-state index contributed by atoms with van der Waals surface area (Å²) in [4.78, 5) is 25.6. The average Bonchev–Trinajstić information content (AvgIpc) is 2.99. The van der Waals surface area contributed by atoms with Crippen LogP contribution in [0.3, 0.4) is 0 Å². The lowest BCUT2D eigenvalue weighted by Crippen LogP contribution is -2.42. The van der Waals surface area contributed by atoms with Gasteiger partial charge in [-0.1, -0.05) is 12.1 Å². The molecule has 1 heterocycles. The van der Waals surface area contributed by atoms with Crippen LogP contribution < -0.4 is 10.2 Å². The SMILES string of the molecule is CCN(C(=O)C(=O)NCc1ccco1)c1cccc(C)c1. The third-order valence-electron chi connectivity index (χ3n) is 3.07. The lowest BCUT2D eigenvalue weighted by atomic mass is 10.2. The Bertz CT molecular complexity index is 620. The van der Waals surface area contributed by atoms with E-state index >= 15 is 0 Å². The second-order valence-corrected chi connectivity index (χ2v) is 4.65. The Morgan fingerprint density at radius 3 is 2.67 bits per heavy atom. The Kier molecular flexibility index (Phi) is 4.77. The van der Waals surface area contributed by atoms with Gasteiger partial charge in [0.15, 0.2) is 0 Å². The molecule has 5 heteroatoms. The first kappa shape index (κ1) is 14.8. The van der Waals surface area contributed by atoms with Crippen LogP contribution in [-0.2, 0) is 16.1 Å².